The number of carboxylic acids is 1. The van der Waals surface area contributed by atoms with Gasteiger partial charge in [0.05, 0.1) is 0 Å². The van der Waals surface area contributed by atoms with Crippen molar-refractivity contribution in [1.29, 1.82) is 0 Å². The molecule has 1 saturated carbocycles. The van der Waals surface area contributed by atoms with E-state index >= 15 is 0 Å². The van der Waals surface area contributed by atoms with Gasteiger partial charge in [-0.2, -0.15) is 11.8 Å². The van der Waals surface area contributed by atoms with Crippen LogP contribution < -0.4 is 5.32 Å². The zero-order valence-corrected chi connectivity index (χ0v) is 10.4. The van der Waals surface area contributed by atoms with Crippen LogP contribution in [0.25, 0.3) is 0 Å². The maximum absolute atomic E-state index is 10.8. The normalized spacial score (nSPS) is 16.8. The number of aliphatic carboxylic acids is 1. The molecule has 4 nitrogen and oxygen atoms in total. The fraction of sp³-hybridized carbons (Fsp3) is 0.818. The van der Waals surface area contributed by atoms with Gasteiger partial charge in [-0.1, -0.05) is 12.8 Å². The lowest BCUT2D eigenvalue weighted by atomic mass is 10.2. The van der Waals surface area contributed by atoms with Crippen molar-refractivity contribution in [2.45, 2.75) is 38.6 Å². The van der Waals surface area contributed by atoms with Crippen molar-refractivity contribution < 1.29 is 14.7 Å². The van der Waals surface area contributed by atoms with Crippen molar-refractivity contribution in [2.24, 2.45) is 5.92 Å². The molecule has 1 aliphatic carbocycles. The summed E-state index contributed by atoms with van der Waals surface area (Å²) in [5.74, 6) is 1.60. The maximum Gasteiger partial charge on any atom is 0.326 e. The third-order valence-corrected chi connectivity index (χ3v) is 3.64. The lowest BCUT2D eigenvalue weighted by Crippen LogP contribution is -2.39. The minimum atomic E-state index is -0.946. The second kappa shape index (κ2) is 6.78. The van der Waals surface area contributed by atoms with Crippen LogP contribution in [0.1, 0.15) is 32.6 Å². The molecule has 16 heavy (non-hydrogen) atoms. The first kappa shape index (κ1) is 13.4. The van der Waals surface area contributed by atoms with Crippen LogP contribution in [-0.4, -0.2) is 34.5 Å². The van der Waals surface area contributed by atoms with E-state index in [1.165, 1.54) is 26.2 Å². The SMILES string of the molecule is CC(=O)NC(CCSCCC1CC1)C(=O)O. The number of hydrogen-bond acceptors (Lipinski definition) is 3. The summed E-state index contributed by atoms with van der Waals surface area (Å²) in [6, 6.07) is -0.731. The summed E-state index contributed by atoms with van der Waals surface area (Å²) in [6.07, 6.45) is 4.49. The van der Waals surface area contributed by atoms with Crippen molar-refractivity contribution in [2.75, 3.05) is 11.5 Å². The van der Waals surface area contributed by atoms with Crippen LogP contribution in [0.2, 0.25) is 0 Å². The van der Waals surface area contributed by atoms with Gasteiger partial charge in [-0.05, 0) is 30.3 Å². The highest BCUT2D eigenvalue weighted by atomic mass is 32.2. The van der Waals surface area contributed by atoms with E-state index in [9.17, 15) is 9.59 Å². The highest BCUT2D eigenvalue weighted by Gasteiger charge is 2.21. The van der Waals surface area contributed by atoms with E-state index in [2.05, 4.69) is 5.32 Å². The van der Waals surface area contributed by atoms with Crippen LogP contribution in [0.5, 0.6) is 0 Å². The van der Waals surface area contributed by atoms with Crippen LogP contribution in [0.3, 0.4) is 0 Å². The van der Waals surface area contributed by atoms with Gasteiger partial charge < -0.3 is 10.4 Å². The van der Waals surface area contributed by atoms with Crippen molar-refractivity contribution in [3.8, 4) is 0 Å². The molecule has 2 N–H and O–H groups in total. The summed E-state index contributed by atoms with van der Waals surface area (Å²) in [5.41, 5.74) is 0. The molecule has 0 heterocycles. The Balaban J connectivity index is 2.05. The summed E-state index contributed by atoms with van der Waals surface area (Å²) in [5, 5.41) is 11.3. The predicted octanol–water partition coefficient (Wildman–Crippen LogP) is 1.50. The largest absolute Gasteiger partial charge is 0.480 e. The summed E-state index contributed by atoms with van der Waals surface area (Å²) in [6.45, 7) is 1.34. The van der Waals surface area contributed by atoms with Crippen molar-refractivity contribution in [1.82, 2.24) is 5.32 Å². The van der Waals surface area contributed by atoms with Gasteiger partial charge in [0.1, 0.15) is 6.04 Å². The number of carbonyl (C=O) groups excluding carboxylic acids is 1. The van der Waals surface area contributed by atoms with Gasteiger partial charge in [0.2, 0.25) is 5.91 Å². The molecule has 0 radical (unpaired) electrons. The van der Waals surface area contributed by atoms with Gasteiger partial charge in [0.25, 0.3) is 0 Å². The second-order valence-electron chi connectivity index (χ2n) is 4.22. The van der Waals surface area contributed by atoms with E-state index in [-0.39, 0.29) is 5.91 Å². The second-order valence-corrected chi connectivity index (χ2v) is 5.45. The lowest BCUT2D eigenvalue weighted by molar-refractivity contribution is -0.141. The Morgan fingerprint density at radius 1 is 1.44 bits per heavy atom. The van der Waals surface area contributed by atoms with Gasteiger partial charge in [-0.25, -0.2) is 4.79 Å². The Morgan fingerprint density at radius 3 is 2.62 bits per heavy atom. The third-order valence-electron chi connectivity index (χ3n) is 2.59. The molecule has 1 aliphatic rings. The minimum absolute atomic E-state index is 0.282. The van der Waals surface area contributed by atoms with E-state index in [1.54, 1.807) is 11.8 Å². The molecule has 1 unspecified atom stereocenters. The number of hydrogen-bond donors (Lipinski definition) is 2. The van der Waals surface area contributed by atoms with Gasteiger partial charge in [0.15, 0.2) is 0 Å². The molecule has 0 aromatic carbocycles. The Bertz CT molecular complexity index is 254. The Labute approximate surface area is 100 Å². The Kier molecular flexibility index (Phi) is 5.66. The zero-order chi connectivity index (χ0) is 12.0. The van der Waals surface area contributed by atoms with Crippen LogP contribution in [-0.2, 0) is 9.59 Å². The van der Waals surface area contributed by atoms with E-state index in [0.29, 0.717) is 6.42 Å². The number of amides is 1. The molecular formula is C11H19NO3S. The number of nitrogens with one attached hydrogen (secondary N) is 1. The van der Waals surface area contributed by atoms with Crippen LogP contribution in [0.4, 0.5) is 0 Å². The average molecular weight is 245 g/mol. The van der Waals surface area contributed by atoms with Gasteiger partial charge in [-0.3, -0.25) is 4.79 Å². The molecule has 0 saturated heterocycles. The first-order valence-electron chi connectivity index (χ1n) is 5.67. The first-order valence-corrected chi connectivity index (χ1v) is 6.82. The van der Waals surface area contributed by atoms with E-state index in [1.807, 2.05) is 0 Å². The van der Waals surface area contributed by atoms with Crippen LogP contribution in [0, 0.1) is 5.92 Å². The molecule has 0 bridgehead atoms. The van der Waals surface area contributed by atoms with Crippen molar-refractivity contribution in [3.63, 3.8) is 0 Å². The molecule has 92 valence electrons. The summed E-state index contributed by atoms with van der Waals surface area (Å²) < 4.78 is 0. The molecule has 1 fully saturated rings. The fourth-order valence-electron chi connectivity index (χ4n) is 1.46. The fourth-order valence-corrected chi connectivity index (χ4v) is 2.57. The minimum Gasteiger partial charge on any atom is -0.480 e. The summed E-state index contributed by atoms with van der Waals surface area (Å²) in [4.78, 5) is 21.6. The molecule has 0 aromatic heterocycles. The number of carboxylic acid groups (broad SMARTS) is 1. The van der Waals surface area contributed by atoms with Gasteiger partial charge >= 0.3 is 5.97 Å². The molecule has 1 amide bonds. The topological polar surface area (TPSA) is 66.4 Å². The molecule has 1 atom stereocenters. The lowest BCUT2D eigenvalue weighted by Gasteiger charge is -2.12. The molecule has 5 heteroatoms. The van der Waals surface area contributed by atoms with Gasteiger partial charge in [-0.15, -0.1) is 0 Å². The van der Waals surface area contributed by atoms with E-state index in [0.717, 1.165) is 17.4 Å². The van der Waals surface area contributed by atoms with Crippen molar-refractivity contribution in [3.05, 3.63) is 0 Å². The molecule has 0 aliphatic heterocycles. The standard InChI is InChI=1S/C11H19NO3S/c1-8(13)12-10(11(14)15)5-7-16-6-4-9-2-3-9/h9-10H,2-7H2,1H3,(H,12,13)(H,14,15). The number of rotatable bonds is 8. The molecular weight excluding hydrogens is 226 g/mol. The van der Waals surface area contributed by atoms with E-state index in [4.69, 9.17) is 5.11 Å². The van der Waals surface area contributed by atoms with Gasteiger partial charge in [0, 0.05) is 6.92 Å². The Hall–Kier alpha value is -0.710. The van der Waals surface area contributed by atoms with Crippen molar-refractivity contribution >= 4 is 23.6 Å². The number of thioether (sulfide) groups is 1. The van der Waals surface area contributed by atoms with Crippen LogP contribution in [0.15, 0.2) is 0 Å². The summed E-state index contributed by atoms with van der Waals surface area (Å²) in [7, 11) is 0. The quantitative estimate of drug-likeness (QED) is 0.636. The number of carbonyl (C=O) groups is 2. The monoisotopic (exact) mass is 245 g/mol. The highest BCUT2D eigenvalue weighted by Crippen LogP contribution is 2.33. The Morgan fingerprint density at radius 2 is 2.12 bits per heavy atom. The first-order chi connectivity index (χ1) is 7.59. The van der Waals surface area contributed by atoms with E-state index < -0.39 is 12.0 Å². The highest BCUT2D eigenvalue weighted by molar-refractivity contribution is 7.99. The smallest absolute Gasteiger partial charge is 0.326 e. The average Bonchev–Trinajstić information content (AvgIpc) is 2.98. The third kappa shape index (κ3) is 6.00. The molecule has 1 rings (SSSR count). The molecule has 0 aromatic rings. The maximum atomic E-state index is 10.8. The van der Waals surface area contributed by atoms with Crippen LogP contribution >= 0.6 is 11.8 Å². The summed E-state index contributed by atoms with van der Waals surface area (Å²) >= 11 is 1.78. The predicted molar refractivity (Wildman–Crippen MR) is 64.5 cm³/mol. The molecule has 0 spiro atoms. The zero-order valence-electron chi connectivity index (χ0n) is 9.57.